The molecule has 4 nitrogen and oxygen atoms in total. The zero-order valence-corrected chi connectivity index (χ0v) is 16.3. The molecule has 0 aliphatic heterocycles. The van der Waals surface area contributed by atoms with Crippen LogP contribution in [0, 0.1) is 0 Å². The van der Waals surface area contributed by atoms with E-state index in [-0.39, 0.29) is 5.91 Å². The van der Waals surface area contributed by atoms with Crippen molar-refractivity contribution >= 4 is 29.3 Å². The third-order valence-electron chi connectivity index (χ3n) is 3.98. The number of ether oxygens (including phenoxy) is 1. The van der Waals surface area contributed by atoms with Gasteiger partial charge in [-0.2, -0.15) is 0 Å². The molecule has 3 aromatic rings. The summed E-state index contributed by atoms with van der Waals surface area (Å²) in [5.41, 5.74) is 1.88. The Hall–Kier alpha value is -3.05. The number of rotatable bonds is 7. The first-order valence-electron chi connectivity index (χ1n) is 9.02. The number of carbonyl (C=O) groups is 2. The molecule has 3 aromatic carbocycles. The van der Waals surface area contributed by atoms with Gasteiger partial charge in [0.1, 0.15) is 5.25 Å². The fourth-order valence-electron chi connectivity index (χ4n) is 2.68. The Balaban J connectivity index is 1.82. The number of anilines is 1. The molecule has 3 rings (SSSR count). The summed E-state index contributed by atoms with van der Waals surface area (Å²) in [5.74, 6) is -0.557. The van der Waals surface area contributed by atoms with Gasteiger partial charge in [0.2, 0.25) is 5.91 Å². The average Bonchev–Trinajstić information content (AvgIpc) is 2.73. The standard InChI is InChI=1S/C23H21NO3S/c1-2-27-23(26)18-12-9-13-19(16-18)24-22(25)21(17-10-5-3-6-11-17)28-20-14-7-4-8-15-20/h3-16,21H,2H2,1H3,(H,24,25)/t21-/m0/s1. The van der Waals surface area contributed by atoms with Crippen molar-refractivity contribution in [3.63, 3.8) is 0 Å². The average molecular weight is 391 g/mol. The quantitative estimate of drug-likeness (QED) is 0.437. The number of hydrogen-bond donors (Lipinski definition) is 1. The maximum absolute atomic E-state index is 13.1. The lowest BCUT2D eigenvalue weighted by Crippen LogP contribution is -2.19. The molecule has 0 heterocycles. The van der Waals surface area contributed by atoms with Crippen LogP contribution >= 0.6 is 11.8 Å². The van der Waals surface area contributed by atoms with E-state index >= 15 is 0 Å². The molecule has 0 bridgehead atoms. The second-order valence-corrected chi connectivity index (χ2v) is 7.19. The summed E-state index contributed by atoms with van der Waals surface area (Å²) in [6.45, 7) is 2.06. The van der Waals surface area contributed by atoms with Gasteiger partial charge in [-0.25, -0.2) is 4.79 Å². The normalized spacial score (nSPS) is 11.5. The van der Waals surface area contributed by atoms with Crippen LogP contribution in [0.25, 0.3) is 0 Å². The van der Waals surface area contributed by atoms with E-state index in [4.69, 9.17) is 4.74 Å². The molecule has 1 N–H and O–H groups in total. The summed E-state index contributed by atoms with van der Waals surface area (Å²) in [5, 5.41) is 2.51. The minimum atomic E-state index is -0.421. The van der Waals surface area contributed by atoms with Crippen LogP contribution in [0.5, 0.6) is 0 Å². The van der Waals surface area contributed by atoms with E-state index < -0.39 is 11.2 Å². The Morgan fingerprint density at radius 1 is 0.929 bits per heavy atom. The molecule has 0 fully saturated rings. The lowest BCUT2D eigenvalue weighted by molar-refractivity contribution is -0.115. The summed E-state index contributed by atoms with van der Waals surface area (Å²) < 4.78 is 5.03. The third kappa shape index (κ3) is 5.24. The fourth-order valence-corrected chi connectivity index (χ4v) is 3.73. The topological polar surface area (TPSA) is 55.4 Å². The van der Waals surface area contributed by atoms with Crippen LogP contribution in [0.2, 0.25) is 0 Å². The molecule has 0 aromatic heterocycles. The molecule has 0 saturated carbocycles. The molecular formula is C23H21NO3S. The first-order valence-corrected chi connectivity index (χ1v) is 9.90. The first-order chi connectivity index (χ1) is 13.7. The predicted molar refractivity (Wildman–Crippen MR) is 113 cm³/mol. The summed E-state index contributed by atoms with van der Waals surface area (Å²) >= 11 is 1.48. The number of benzene rings is 3. The summed E-state index contributed by atoms with van der Waals surface area (Å²) in [4.78, 5) is 26.0. The summed E-state index contributed by atoms with van der Waals surface area (Å²) in [6, 6.07) is 26.2. The fraction of sp³-hybridized carbons (Fsp3) is 0.130. The van der Waals surface area contributed by atoms with Gasteiger partial charge in [0.05, 0.1) is 12.2 Å². The van der Waals surface area contributed by atoms with Crippen molar-refractivity contribution in [2.75, 3.05) is 11.9 Å². The van der Waals surface area contributed by atoms with E-state index in [1.165, 1.54) is 11.8 Å². The van der Waals surface area contributed by atoms with Crippen LogP contribution in [0.1, 0.15) is 28.1 Å². The van der Waals surface area contributed by atoms with Crippen molar-refractivity contribution in [2.24, 2.45) is 0 Å². The minimum absolute atomic E-state index is 0.152. The number of esters is 1. The SMILES string of the molecule is CCOC(=O)c1cccc(NC(=O)[C@@H](Sc2ccccc2)c2ccccc2)c1. The van der Waals surface area contributed by atoms with Gasteiger partial charge in [-0.3, -0.25) is 4.79 Å². The van der Waals surface area contributed by atoms with Crippen molar-refractivity contribution in [2.45, 2.75) is 17.1 Å². The van der Waals surface area contributed by atoms with Crippen LogP contribution < -0.4 is 5.32 Å². The molecule has 0 saturated heterocycles. The van der Waals surface area contributed by atoms with E-state index in [0.29, 0.717) is 17.9 Å². The van der Waals surface area contributed by atoms with Gasteiger partial charge in [-0.1, -0.05) is 54.6 Å². The molecule has 0 spiro atoms. The Morgan fingerprint density at radius 3 is 2.29 bits per heavy atom. The number of hydrogen-bond acceptors (Lipinski definition) is 4. The molecule has 0 aliphatic carbocycles. The lowest BCUT2D eigenvalue weighted by atomic mass is 10.1. The highest BCUT2D eigenvalue weighted by atomic mass is 32.2. The first kappa shape index (κ1) is 19.7. The van der Waals surface area contributed by atoms with E-state index in [0.717, 1.165) is 10.5 Å². The highest BCUT2D eigenvalue weighted by Gasteiger charge is 2.22. The van der Waals surface area contributed by atoms with Crippen LogP contribution in [0.4, 0.5) is 5.69 Å². The molecule has 28 heavy (non-hydrogen) atoms. The third-order valence-corrected chi connectivity index (χ3v) is 5.25. The zero-order chi connectivity index (χ0) is 19.8. The molecule has 1 amide bonds. The largest absolute Gasteiger partial charge is 0.462 e. The lowest BCUT2D eigenvalue weighted by Gasteiger charge is -2.17. The van der Waals surface area contributed by atoms with E-state index in [9.17, 15) is 9.59 Å². The summed E-state index contributed by atoms with van der Waals surface area (Å²) in [6.07, 6.45) is 0. The summed E-state index contributed by atoms with van der Waals surface area (Å²) in [7, 11) is 0. The van der Waals surface area contributed by atoms with Crippen LogP contribution in [0.15, 0.2) is 89.8 Å². The van der Waals surface area contributed by atoms with E-state index in [2.05, 4.69) is 5.32 Å². The van der Waals surface area contributed by atoms with Crippen molar-refractivity contribution in [1.82, 2.24) is 0 Å². The van der Waals surface area contributed by atoms with E-state index in [1.807, 2.05) is 60.7 Å². The molecule has 0 radical (unpaired) electrons. The van der Waals surface area contributed by atoms with Gasteiger partial charge >= 0.3 is 5.97 Å². The van der Waals surface area contributed by atoms with Crippen molar-refractivity contribution in [3.8, 4) is 0 Å². The molecular weight excluding hydrogens is 370 g/mol. The number of nitrogens with one attached hydrogen (secondary N) is 1. The van der Waals surface area contributed by atoms with Gasteiger partial charge in [-0.05, 0) is 42.8 Å². The number of thioether (sulfide) groups is 1. The van der Waals surface area contributed by atoms with Crippen LogP contribution in [-0.2, 0) is 9.53 Å². The minimum Gasteiger partial charge on any atom is -0.462 e. The molecule has 142 valence electrons. The Bertz CT molecular complexity index is 929. The number of amides is 1. The Kier molecular flexibility index (Phi) is 6.87. The molecule has 0 aliphatic rings. The van der Waals surface area contributed by atoms with Gasteiger partial charge in [0.25, 0.3) is 0 Å². The van der Waals surface area contributed by atoms with Crippen molar-refractivity contribution in [1.29, 1.82) is 0 Å². The maximum Gasteiger partial charge on any atom is 0.338 e. The Labute approximate surface area is 168 Å². The van der Waals surface area contributed by atoms with Gasteiger partial charge in [0, 0.05) is 10.6 Å². The Morgan fingerprint density at radius 2 is 1.61 bits per heavy atom. The second-order valence-electron chi connectivity index (χ2n) is 6.01. The van der Waals surface area contributed by atoms with Gasteiger partial charge in [0.15, 0.2) is 0 Å². The van der Waals surface area contributed by atoms with Crippen LogP contribution in [-0.4, -0.2) is 18.5 Å². The molecule has 1 atom stereocenters. The number of carbonyl (C=O) groups excluding carboxylic acids is 2. The van der Waals surface area contributed by atoms with Gasteiger partial charge < -0.3 is 10.1 Å². The monoisotopic (exact) mass is 391 g/mol. The van der Waals surface area contributed by atoms with E-state index in [1.54, 1.807) is 31.2 Å². The van der Waals surface area contributed by atoms with Crippen molar-refractivity contribution < 1.29 is 14.3 Å². The maximum atomic E-state index is 13.1. The van der Waals surface area contributed by atoms with Gasteiger partial charge in [-0.15, -0.1) is 11.8 Å². The molecule has 5 heteroatoms. The smallest absolute Gasteiger partial charge is 0.338 e. The zero-order valence-electron chi connectivity index (χ0n) is 15.5. The molecule has 0 unspecified atom stereocenters. The highest BCUT2D eigenvalue weighted by molar-refractivity contribution is 8.00. The second kappa shape index (κ2) is 9.76. The van der Waals surface area contributed by atoms with Crippen molar-refractivity contribution in [3.05, 3.63) is 96.1 Å². The predicted octanol–water partition coefficient (Wildman–Crippen LogP) is 5.34. The highest BCUT2D eigenvalue weighted by Crippen LogP contribution is 2.36. The van der Waals surface area contributed by atoms with Crippen LogP contribution in [0.3, 0.4) is 0 Å².